The van der Waals surface area contributed by atoms with Gasteiger partial charge in [-0.05, 0) is 91.4 Å². The summed E-state index contributed by atoms with van der Waals surface area (Å²) >= 11 is 25.9. The van der Waals surface area contributed by atoms with E-state index in [1.54, 1.807) is 48.5 Å². The molecule has 61 heavy (non-hydrogen) atoms. The number of carbonyl (C=O) groups is 1. The standard InChI is InChI=1S/C46H54Cl4N6O5/c1-6-7-8-9-10-11-12-13-14-15-16-40(61-31-19-22-38(57)32(27-31)46(3,4)5)44(59)51-30-18-20-33(48)36(26-30)52-43-41(54-53-37-23-28(2)17-21-39(37)58)45(60)56(55-43)42-34(49)24-29(47)25-35(42)50/h17-27,40,52,55,57-58H,6-16H2,1-5H3,(H,51,59). The number of phenols is 2. The van der Waals surface area contributed by atoms with E-state index in [0.29, 0.717) is 29.1 Å². The Balaban J connectivity index is 1.41. The zero-order valence-electron chi connectivity index (χ0n) is 35.2. The molecule has 0 saturated heterocycles. The van der Waals surface area contributed by atoms with E-state index in [0.717, 1.165) is 35.9 Å². The Labute approximate surface area is 377 Å². The number of nitrogens with one attached hydrogen (secondary N) is 3. The Morgan fingerprint density at radius 3 is 2.10 bits per heavy atom. The fourth-order valence-electron chi connectivity index (χ4n) is 6.80. The van der Waals surface area contributed by atoms with Crippen LogP contribution >= 0.6 is 46.4 Å². The first-order chi connectivity index (χ1) is 29.0. The van der Waals surface area contributed by atoms with Gasteiger partial charge in [-0.1, -0.05) is 138 Å². The third kappa shape index (κ3) is 13.2. The molecule has 0 spiro atoms. The molecule has 11 nitrogen and oxygen atoms in total. The summed E-state index contributed by atoms with van der Waals surface area (Å²) in [6, 6.07) is 17.6. The van der Waals surface area contributed by atoms with Gasteiger partial charge in [0.05, 0.1) is 20.8 Å². The largest absolute Gasteiger partial charge is 0.508 e. The number of aromatic nitrogens is 2. The van der Waals surface area contributed by atoms with Gasteiger partial charge in [0.1, 0.15) is 28.6 Å². The van der Waals surface area contributed by atoms with Crippen molar-refractivity contribution in [2.75, 3.05) is 10.6 Å². The number of H-pyrrole nitrogens is 1. The first-order valence-electron chi connectivity index (χ1n) is 20.6. The van der Waals surface area contributed by atoms with E-state index in [4.69, 9.17) is 51.1 Å². The summed E-state index contributed by atoms with van der Waals surface area (Å²) in [5.41, 5.74) is 1.25. The highest BCUT2D eigenvalue weighted by Gasteiger charge is 2.25. The molecule has 0 radical (unpaired) electrons. The smallest absolute Gasteiger partial charge is 0.301 e. The van der Waals surface area contributed by atoms with Crippen LogP contribution in [-0.2, 0) is 10.2 Å². The first-order valence-corrected chi connectivity index (χ1v) is 22.2. The van der Waals surface area contributed by atoms with Crippen molar-refractivity contribution in [3.8, 4) is 22.9 Å². The summed E-state index contributed by atoms with van der Waals surface area (Å²) in [7, 11) is 0. The summed E-state index contributed by atoms with van der Waals surface area (Å²) in [5, 5.41) is 39.2. The average molecular weight is 913 g/mol. The zero-order chi connectivity index (χ0) is 44.3. The van der Waals surface area contributed by atoms with Gasteiger partial charge >= 0.3 is 5.56 Å². The molecule has 0 bridgehead atoms. The van der Waals surface area contributed by atoms with Crippen LogP contribution in [0.4, 0.5) is 28.6 Å². The van der Waals surface area contributed by atoms with Crippen molar-refractivity contribution in [1.29, 1.82) is 0 Å². The fraction of sp³-hybridized carbons (Fsp3) is 0.391. The second-order valence-corrected chi connectivity index (χ2v) is 17.9. The van der Waals surface area contributed by atoms with Crippen LogP contribution in [-0.4, -0.2) is 32.0 Å². The molecule has 1 atom stereocenters. The summed E-state index contributed by atoms with van der Waals surface area (Å²) in [6.07, 6.45) is 11.2. The molecular formula is C46H54Cl4N6O5. The molecule has 0 aliphatic heterocycles. The van der Waals surface area contributed by atoms with Crippen LogP contribution in [0.3, 0.4) is 0 Å². The van der Waals surface area contributed by atoms with Crippen LogP contribution in [0.25, 0.3) is 5.69 Å². The Morgan fingerprint density at radius 1 is 0.803 bits per heavy atom. The number of hydrogen-bond acceptors (Lipinski definition) is 8. The summed E-state index contributed by atoms with van der Waals surface area (Å²) in [6.45, 7) is 10.1. The van der Waals surface area contributed by atoms with Gasteiger partial charge in [-0.3, -0.25) is 14.7 Å². The molecule has 1 heterocycles. The monoisotopic (exact) mass is 910 g/mol. The number of aryl methyl sites for hydroxylation is 1. The van der Waals surface area contributed by atoms with Crippen molar-refractivity contribution < 1.29 is 19.7 Å². The van der Waals surface area contributed by atoms with Crippen molar-refractivity contribution in [3.63, 3.8) is 0 Å². The lowest BCUT2D eigenvalue weighted by Crippen LogP contribution is -2.33. The van der Waals surface area contributed by atoms with Crippen LogP contribution < -0.4 is 20.9 Å². The third-order valence-corrected chi connectivity index (χ3v) is 11.2. The molecule has 0 saturated carbocycles. The van der Waals surface area contributed by atoms with Crippen molar-refractivity contribution in [3.05, 3.63) is 108 Å². The Bertz CT molecular complexity index is 2370. The second kappa shape index (κ2) is 21.9. The van der Waals surface area contributed by atoms with Gasteiger partial charge in [-0.2, -0.15) is 0 Å². The number of hydrogen-bond donors (Lipinski definition) is 5. The highest BCUT2D eigenvalue weighted by atomic mass is 35.5. The van der Waals surface area contributed by atoms with Crippen LogP contribution in [0.15, 0.2) is 81.8 Å². The Hall–Kier alpha value is -4.68. The summed E-state index contributed by atoms with van der Waals surface area (Å²) in [5.74, 6) is 0.186. The SMILES string of the molecule is CCCCCCCCCCCCC(Oc1ccc(O)c(C(C)(C)C)c1)C(=O)Nc1ccc(Cl)c(Nc2[nH]n(-c3c(Cl)cc(Cl)cc3Cl)c(=O)c2N=Nc2cc(C)ccc2O)c1. The fourth-order valence-corrected chi connectivity index (χ4v) is 7.95. The number of benzene rings is 4. The maximum atomic E-state index is 14.1. The van der Waals surface area contributed by atoms with E-state index in [-0.39, 0.29) is 65.8 Å². The first kappa shape index (κ1) is 47.4. The molecule has 1 unspecified atom stereocenters. The van der Waals surface area contributed by atoms with E-state index in [2.05, 4.69) is 32.9 Å². The van der Waals surface area contributed by atoms with Crippen LogP contribution in [0.1, 0.15) is 109 Å². The number of amides is 1. The molecule has 0 aliphatic carbocycles. The lowest BCUT2D eigenvalue weighted by Gasteiger charge is -2.23. The highest BCUT2D eigenvalue weighted by molar-refractivity contribution is 6.40. The van der Waals surface area contributed by atoms with Gasteiger partial charge in [0, 0.05) is 16.3 Å². The molecule has 15 heteroatoms. The Morgan fingerprint density at radius 2 is 1.44 bits per heavy atom. The molecule has 5 aromatic rings. The number of aromatic amines is 1. The average Bonchev–Trinajstić information content (AvgIpc) is 3.49. The van der Waals surface area contributed by atoms with E-state index < -0.39 is 11.7 Å². The normalized spacial score (nSPS) is 12.2. The maximum absolute atomic E-state index is 14.1. The van der Waals surface area contributed by atoms with Crippen LogP contribution in [0.5, 0.6) is 17.2 Å². The van der Waals surface area contributed by atoms with Gasteiger partial charge in [0.15, 0.2) is 17.6 Å². The minimum absolute atomic E-state index is 0.0532. The quantitative estimate of drug-likeness (QED) is 0.0387. The molecular weight excluding hydrogens is 858 g/mol. The minimum atomic E-state index is -0.845. The Kier molecular flexibility index (Phi) is 17.0. The van der Waals surface area contributed by atoms with E-state index in [1.807, 2.05) is 27.7 Å². The molecule has 1 amide bonds. The van der Waals surface area contributed by atoms with Crippen molar-refractivity contribution in [2.45, 2.75) is 117 Å². The number of carbonyl (C=O) groups excluding carboxylic acids is 1. The highest BCUT2D eigenvalue weighted by Crippen LogP contribution is 2.37. The molecule has 5 N–H and O–H groups in total. The number of aromatic hydroxyl groups is 2. The molecule has 0 fully saturated rings. The van der Waals surface area contributed by atoms with Gasteiger partial charge in [0.25, 0.3) is 5.91 Å². The second-order valence-electron chi connectivity index (χ2n) is 16.2. The number of anilines is 3. The molecule has 1 aromatic heterocycles. The van der Waals surface area contributed by atoms with E-state index in [1.165, 1.54) is 56.7 Å². The summed E-state index contributed by atoms with van der Waals surface area (Å²) < 4.78 is 7.47. The van der Waals surface area contributed by atoms with E-state index in [9.17, 15) is 19.8 Å². The number of ether oxygens (including phenoxy) is 1. The van der Waals surface area contributed by atoms with Crippen molar-refractivity contribution >= 4 is 80.9 Å². The van der Waals surface area contributed by atoms with Gasteiger partial charge in [0.2, 0.25) is 0 Å². The lowest BCUT2D eigenvalue weighted by molar-refractivity contribution is -0.123. The van der Waals surface area contributed by atoms with Crippen molar-refractivity contribution in [2.24, 2.45) is 10.2 Å². The topological polar surface area (TPSA) is 153 Å². The number of rotatable bonds is 20. The zero-order valence-corrected chi connectivity index (χ0v) is 38.2. The predicted octanol–water partition coefficient (Wildman–Crippen LogP) is 14.7. The number of phenolic OH excluding ortho intramolecular Hbond substituents is 2. The van der Waals surface area contributed by atoms with Crippen LogP contribution in [0.2, 0.25) is 20.1 Å². The van der Waals surface area contributed by atoms with Crippen LogP contribution in [0, 0.1) is 6.92 Å². The lowest BCUT2D eigenvalue weighted by atomic mass is 9.86. The van der Waals surface area contributed by atoms with Crippen molar-refractivity contribution in [1.82, 2.24) is 9.78 Å². The number of unbranched alkanes of at least 4 members (excludes halogenated alkanes) is 9. The number of halogens is 4. The molecule has 326 valence electrons. The minimum Gasteiger partial charge on any atom is -0.508 e. The third-order valence-electron chi connectivity index (χ3n) is 10.1. The number of nitrogens with zero attached hydrogens (tertiary/aromatic N) is 3. The van der Waals surface area contributed by atoms with Gasteiger partial charge in [-0.25, -0.2) is 4.68 Å². The molecule has 4 aromatic carbocycles. The number of azo groups is 1. The molecule has 0 aliphatic rings. The predicted molar refractivity (Wildman–Crippen MR) is 249 cm³/mol. The van der Waals surface area contributed by atoms with E-state index >= 15 is 0 Å². The maximum Gasteiger partial charge on any atom is 0.301 e. The van der Waals surface area contributed by atoms with Gasteiger partial charge < -0.3 is 25.6 Å². The summed E-state index contributed by atoms with van der Waals surface area (Å²) in [4.78, 5) is 28.0. The molecule has 5 rings (SSSR count). The van der Waals surface area contributed by atoms with Gasteiger partial charge in [-0.15, -0.1) is 10.2 Å².